The second kappa shape index (κ2) is 12.0. The summed E-state index contributed by atoms with van der Waals surface area (Å²) in [6.07, 6.45) is 0. The van der Waals surface area contributed by atoms with Crippen molar-refractivity contribution in [1.29, 1.82) is 0 Å². The molecule has 12 aromatic rings. The molecule has 0 aliphatic carbocycles. The van der Waals surface area contributed by atoms with Crippen molar-refractivity contribution in [3.63, 3.8) is 0 Å². The van der Waals surface area contributed by atoms with E-state index in [0.29, 0.717) is 0 Å². The summed E-state index contributed by atoms with van der Waals surface area (Å²) in [6.45, 7) is 0. The van der Waals surface area contributed by atoms with E-state index in [1.54, 1.807) is 0 Å². The van der Waals surface area contributed by atoms with Gasteiger partial charge in [0.1, 0.15) is 0 Å². The summed E-state index contributed by atoms with van der Waals surface area (Å²) in [5, 5.41) is 11.1. The molecule has 3 nitrogen and oxygen atoms in total. The van der Waals surface area contributed by atoms with Gasteiger partial charge >= 0.3 is 0 Å². The van der Waals surface area contributed by atoms with E-state index >= 15 is 0 Å². The predicted octanol–water partition coefficient (Wildman–Crippen LogP) is 14.1. The van der Waals surface area contributed by atoms with Crippen LogP contribution in [-0.4, -0.2) is 14.1 Å². The van der Waals surface area contributed by atoms with Gasteiger partial charge in [-0.2, -0.15) is 0 Å². The predicted molar refractivity (Wildman–Crippen MR) is 236 cm³/mol. The second-order valence-electron chi connectivity index (χ2n) is 14.7. The van der Waals surface area contributed by atoms with E-state index in [1.807, 2.05) is 0 Å². The fourth-order valence-corrected chi connectivity index (χ4v) is 9.15. The molecular weight excluding hydrogens is 679 g/mol. The molecule has 0 saturated heterocycles. The van der Waals surface area contributed by atoms with Gasteiger partial charge in [0.2, 0.25) is 0 Å². The summed E-state index contributed by atoms with van der Waals surface area (Å²) in [7, 11) is 0. The third-order valence-corrected chi connectivity index (χ3v) is 11.7. The molecule has 260 valence electrons. The average molecular weight is 712 g/mol. The van der Waals surface area contributed by atoms with Crippen molar-refractivity contribution in [2.75, 3.05) is 0 Å². The first-order valence-corrected chi connectivity index (χ1v) is 19.2. The lowest BCUT2D eigenvalue weighted by Gasteiger charge is -2.14. The highest BCUT2D eigenvalue weighted by atomic mass is 15.0. The second-order valence-corrected chi connectivity index (χ2v) is 14.7. The summed E-state index contributed by atoms with van der Waals surface area (Å²) in [6, 6.07) is 72.6. The fraction of sp³-hybridized carbons (Fsp3) is 0. The summed E-state index contributed by atoms with van der Waals surface area (Å²) in [5.74, 6) is 0. The molecule has 0 aliphatic rings. The van der Waals surface area contributed by atoms with Gasteiger partial charge in [0, 0.05) is 54.6 Å². The van der Waals surface area contributed by atoms with Gasteiger partial charge in [-0.3, -0.25) is 0 Å². The smallest absolute Gasteiger partial charge is 0.0788 e. The number of benzene rings is 9. The Hall–Kier alpha value is -7.49. The van der Waals surface area contributed by atoms with Crippen LogP contribution in [0, 0.1) is 0 Å². The molecule has 0 amide bonds. The van der Waals surface area contributed by atoms with Gasteiger partial charge in [-0.25, -0.2) is 4.98 Å². The summed E-state index contributed by atoms with van der Waals surface area (Å²) < 4.78 is 4.77. The topological polar surface area (TPSA) is 22.8 Å². The molecule has 3 heteroatoms. The molecule has 0 spiro atoms. The number of nitrogens with zero attached hydrogens (tertiary/aromatic N) is 3. The van der Waals surface area contributed by atoms with Crippen LogP contribution in [-0.2, 0) is 0 Å². The molecule has 0 radical (unpaired) electrons. The molecule has 56 heavy (non-hydrogen) atoms. The number of hydrogen-bond donors (Lipinski definition) is 0. The molecule has 12 rings (SSSR count). The maximum atomic E-state index is 5.26. The Balaban J connectivity index is 0.991. The molecule has 0 bridgehead atoms. The minimum Gasteiger partial charge on any atom is -0.309 e. The summed E-state index contributed by atoms with van der Waals surface area (Å²) in [5.41, 5.74) is 12.6. The molecule has 0 fully saturated rings. The van der Waals surface area contributed by atoms with Crippen molar-refractivity contribution in [3.8, 4) is 33.8 Å². The van der Waals surface area contributed by atoms with Crippen LogP contribution in [0.4, 0.5) is 0 Å². The number of pyridine rings is 1. The zero-order valence-corrected chi connectivity index (χ0v) is 30.4. The normalized spacial score (nSPS) is 11.9. The number of hydrogen-bond acceptors (Lipinski definition) is 1. The van der Waals surface area contributed by atoms with Crippen molar-refractivity contribution in [2.45, 2.75) is 0 Å². The third kappa shape index (κ3) is 4.55. The van der Waals surface area contributed by atoms with Crippen LogP contribution >= 0.6 is 0 Å². The third-order valence-electron chi connectivity index (χ3n) is 11.7. The van der Waals surface area contributed by atoms with Gasteiger partial charge in [0.25, 0.3) is 0 Å². The van der Waals surface area contributed by atoms with E-state index in [2.05, 4.69) is 209 Å². The van der Waals surface area contributed by atoms with Crippen molar-refractivity contribution in [2.24, 2.45) is 0 Å². The van der Waals surface area contributed by atoms with E-state index in [0.717, 1.165) is 22.5 Å². The van der Waals surface area contributed by atoms with E-state index in [-0.39, 0.29) is 0 Å². The molecule has 0 aliphatic heterocycles. The van der Waals surface area contributed by atoms with Crippen LogP contribution in [0.1, 0.15) is 0 Å². The van der Waals surface area contributed by atoms with Crippen LogP contribution in [0.25, 0.3) is 110 Å². The zero-order valence-electron chi connectivity index (χ0n) is 30.4. The highest BCUT2D eigenvalue weighted by molar-refractivity contribution is 6.22. The maximum absolute atomic E-state index is 5.26. The first kappa shape index (κ1) is 30.9. The molecular formula is C53H33N3. The van der Waals surface area contributed by atoms with Crippen LogP contribution in [0.2, 0.25) is 0 Å². The molecule has 0 atom stereocenters. The van der Waals surface area contributed by atoms with Gasteiger partial charge in [0.05, 0.1) is 33.3 Å². The monoisotopic (exact) mass is 711 g/mol. The lowest BCUT2D eigenvalue weighted by molar-refractivity contribution is 1.18. The van der Waals surface area contributed by atoms with E-state index < -0.39 is 0 Å². The Morgan fingerprint density at radius 2 is 0.804 bits per heavy atom. The Morgan fingerprint density at radius 1 is 0.304 bits per heavy atom. The van der Waals surface area contributed by atoms with Gasteiger partial charge in [-0.15, -0.1) is 0 Å². The van der Waals surface area contributed by atoms with E-state index in [9.17, 15) is 0 Å². The summed E-state index contributed by atoms with van der Waals surface area (Å²) >= 11 is 0. The Kier molecular flexibility index (Phi) is 6.63. The van der Waals surface area contributed by atoms with Gasteiger partial charge in [0.15, 0.2) is 0 Å². The molecule has 0 saturated carbocycles. The first-order chi connectivity index (χ1) is 27.8. The largest absolute Gasteiger partial charge is 0.309 e. The van der Waals surface area contributed by atoms with E-state index in [4.69, 9.17) is 4.98 Å². The minimum absolute atomic E-state index is 1.01. The van der Waals surface area contributed by atoms with Gasteiger partial charge in [-0.05, 0) is 88.6 Å². The highest BCUT2D eigenvalue weighted by Gasteiger charge is 2.17. The maximum Gasteiger partial charge on any atom is 0.0788 e. The molecule has 3 aromatic heterocycles. The molecule has 9 aromatic carbocycles. The lowest BCUT2D eigenvalue weighted by atomic mass is 9.95. The molecule has 3 heterocycles. The van der Waals surface area contributed by atoms with Gasteiger partial charge < -0.3 is 9.13 Å². The van der Waals surface area contributed by atoms with E-state index in [1.165, 1.54) is 87.4 Å². The first-order valence-electron chi connectivity index (χ1n) is 19.2. The number of fused-ring (bicyclic) bond motifs is 11. The molecule has 0 unspecified atom stereocenters. The van der Waals surface area contributed by atoms with Gasteiger partial charge in [-0.1, -0.05) is 133 Å². The van der Waals surface area contributed by atoms with Crippen LogP contribution in [0.3, 0.4) is 0 Å². The highest BCUT2D eigenvalue weighted by Crippen LogP contribution is 2.40. The van der Waals surface area contributed by atoms with Crippen molar-refractivity contribution in [3.05, 3.63) is 200 Å². The molecule has 0 N–H and O–H groups in total. The van der Waals surface area contributed by atoms with Crippen molar-refractivity contribution in [1.82, 2.24) is 14.1 Å². The van der Waals surface area contributed by atoms with Crippen LogP contribution in [0.5, 0.6) is 0 Å². The Morgan fingerprint density at radius 3 is 1.46 bits per heavy atom. The zero-order chi connectivity index (χ0) is 36.7. The number of rotatable bonds is 4. The van der Waals surface area contributed by atoms with Crippen LogP contribution < -0.4 is 0 Å². The SMILES string of the molecule is c1ccc(-n2c3ccccc3c3cc(-c4ccc5c(c4)c4ccccc4n5-c4ccc(-c5nc6ccccc6c6c5ccc5ccccc56)cc4)ccc32)cc1. The van der Waals surface area contributed by atoms with Crippen LogP contribution in [0.15, 0.2) is 200 Å². The Labute approximate surface area is 322 Å². The number of aromatic nitrogens is 3. The standard InChI is InChI=1S/C53H33N3/c1-2-13-38(14-3-1)55-48-20-10-7-16-41(48)45-32-36(25-30-50(45)55)37-26-31-51-46(33-37)42-17-8-11-21-49(42)56(51)39-27-22-35(23-28-39)53-44-29-24-34-12-4-5-15-40(34)52(44)43-18-6-9-19-47(43)54-53/h1-33H. The van der Waals surface area contributed by atoms with Crippen molar-refractivity contribution < 1.29 is 0 Å². The quantitative estimate of drug-likeness (QED) is 0.167. The average Bonchev–Trinajstić information content (AvgIpc) is 3.78. The lowest BCUT2D eigenvalue weighted by Crippen LogP contribution is -1.95. The minimum atomic E-state index is 1.01. The Bertz CT molecular complexity index is 3500. The van der Waals surface area contributed by atoms with Crippen molar-refractivity contribution >= 4 is 76.1 Å². The summed E-state index contributed by atoms with van der Waals surface area (Å²) in [4.78, 5) is 5.26. The fourth-order valence-electron chi connectivity index (χ4n) is 9.15. The number of para-hydroxylation sites is 4.